The molecule has 0 radical (unpaired) electrons. The average molecular weight is 309 g/mol. The molecule has 1 atom stereocenters. The quantitative estimate of drug-likeness (QED) is 0.601. The molecule has 0 aliphatic heterocycles. The van der Waals surface area contributed by atoms with Crippen molar-refractivity contribution in [2.75, 3.05) is 0 Å². The van der Waals surface area contributed by atoms with E-state index in [0.29, 0.717) is 4.83 Å². The summed E-state index contributed by atoms with van der Waals surface area (Å²) in [4.78, 5) is 0.537. The van der Waals surface area contributed by atoms with Gasteiger partial charge in [0.2, 0.25) is 0 Å². The van der Waals surface area contributed by atoms with Gasteiger partial charge in [-0.05, 0) is 28.9 Å². The minimum atomic E-state index is 0.256. The molecule has 1 aromatic carbocycles. The van der Waals surface area contributed by atoms with Gasteiger partial charge in [-0.25, -0.2) is 0 Å². The second-order valence-electron chi connectivity index (χ2n) is 6.73. The van der Waals surface area contributed by atoms with Crippen molar-refractivity contribution in [3.63, 3.8) is 0 Å². The van der Waals surface area contributed by atoms with E-state index in [2.05, 4.69) is 61.0 Å². The molecular weight excluding hydrogens is 284 g/mol. The first-order chi connectivity index (χ1) is 8.47. The molecule has 0 bridgehead atoms. The highest BCUT2D eigenvalue weighted by Crippen LogP contribution is 2.37. The molecule has 1 fully saturated rings. The second-order valence-corrected chi connectivity index (χ2v) is 7.83. The lowest BCUT2D eigenvalue weighted by Gasteiger charge is -2.20. The van der Waals surface area contributed by atoms with Gasteiger partial charge in [0.1, 0.15) is 0 Å². The fraction of sp³-hybridized carbons (Fsp3) is 0.647. The van der Waals surface area contributed by atoms with Crippen LogP contribution in [0.4, 0.5) is 0 Å². The van der Waals surface area contributed by atoms with Gasteiger partial charge in [-0.2, -0.15) is 0 Å². The van der Waals surface area contributed by atoms with Crippen LogP contribution in [0.2, 0.25) is 0 Å². The van der Waals surface area contributed by atoms with Gasteiger partial charge in [0.25, 0.3) is 0 Å². The molecule has 0 heterocycles. The third-order valence-electron chi connectivity index (χ3n) is 4.15. The summed E-state index contributed by atoms with van der Waals surface area (Å²) in [5.74, 6) is 0.941. The minimum absolute atomic E-state index is 0.256. The molecule has 2 rings (SSSR count). The highest BCUT2D eigenvalue weighted by atomic mass is 79.9. The monoisotopic (exact) mass is 308 g/mol. The maximum atomic E-state index is 3.87. The molecule has 0 nitrogen and oxygen atoms in total. The number of benzene rings is 1. The van der Waals surface area contributed by atoms with E-state index >= 15 is 0 Å². The first kappa shape index (κ1) is 14.1. The molecule has 1 aliphatic carbocycles. The lowest BCUT2D eigenvalue weighted by atomic mass is 9.86. The van der Waals surface area contributed by atoms with Crippen LogP contribution in [0.15, 0.2) is 24.3 Å². The predicted octanol–water partition coefficient (Wildman–Crippen LogP) is 6.00. The normalized spacial score (nSPS) is 19.1. The molecule has 0 amide bonds. The number of hydrogen-bond donors (Lipinski definition) is 0. The van der Waals surface area contributed by atoms with Gasteiger partial charge in [0, 0.05) is 4.83 Å². The third-order valence-corrected chi connectivity index (χ3v) is 5.06. The summed E-state index contributed by atoms with van der Waals surface area (Å²) in [6, 6.07) is 9.18. The maximum Gasteiger partial charge on any atom is 0.0397 e. The van der Waals surface area contributed by atoms with Crippen LogP contribution in [0.3, 0.4) is 0 Å². The number of alkyl halides is 1. The van der Waals surface area contributed by atoms with E-state index in [9.17, 15) is 0 Å². The molecule has 18 heavy (non-hydrogen) atoms. The van der Waals surface area contributed by atoms with Crippen molar-refractivity contribution in [1.29, 1.82) is 0 Å². The van der Waals surface area contributed by atoms with Crippen molar-refractivity contribution in [1.82, 2.24) is 0 Å². The first-order valence-corrected chi connectivity index (χ1v) is 8.13. The van der Waals surface area contributed by atoms with Gasteiger partial charge in [-0.1, -0.05) is 86.6 Å². The second kappa shape index (κ2) is 5.77. The summed E-state index contributed by atoms with van der Waals surface area (Å²) >= 11 is 3.87. The standard InChI is InChI=1S/C17H25Br/c1-17(2,3)15-10-8-14(9-11-15)16(18)12-13-6-4-5-7-13/h8-11,13,16H,4-7,12H2,1-3H3. The van der Waals surface area contributed by atoms with Crippen LogP contribution in [0, 0.1) is 5.92 Å². The average Bonchev–Trinajstić information content (AvgIpc) is 2.81. The molecule has 0 N–H and O–H groups in total. The zero-order chi connectivity index (χ0) is 13.2. The molecule has 0 saturated heterocycles. The number of halogens is 1. The summed E-state index contributed by atoms with van der Waals surface area (Å²) in [6.45, 7) is 6.81. The van der Waals surface area contributed by atoms with Crippen LogP contribution in [-0.2, 0) is 5.41 Å². The SMILES string of the molecule is CC(C)(C)c1ccc(C(Br)CC2CCCC2)cc1. The summed E-state index contributed by atoms with van der Waals surface area (Å²) < 4.78 is 0. The summed E-state index contributed by atoms with van der Waals surface area (Å²) in [5.41, 5.74) is 3.12. The third kappa shape index (κ3) is 3.60. The Balaban J connectivity index is 2.00. The predicted molar refractivity (Wildman–Crippen MR) is 83.4 cm³/mol. The smallest absolute Gasteiger partial charge is 0.0397 e. The van der Waals surface area contributed by atoms with Gasteiger partial charge in [0.05, 0.1) is 0 Å². The van der Waals surface area contributed by atoms with E-state index in [4.69, 9.17) is 0 Å². The van der Waals surface area contributed by atoms with Gasteiger partial charge < -0.3 is 0 Å². The van der Waals surface area contributed by atoms with Crippen LogP contribution in [0.5, 0.6) is 0 Å². The van der Waals surface area contributed by atoms with Crippen molar-refractivity contribution in [3.05, 3.63) is 35.4 Å². The van der Waals surface area contributed by atoms with Gasteiger partial charge >= 0.3 is 0 Å². The fourth-order valence-electron chi connectivity index (χ4n) is 2.87. The molecule has 1 saturated carbocycles. The highest BCUT2D eigenvalue weighted by molar-refractivity contribution is 9.09. The lowest BCUT2D eigenvalue weighted by molar-refractivity contribution is 0.501. The van der Waals surface area contributed by atoms with Crippen molar-refractivity contribution in [2.24, 2.45) is 5.92 Å². The Hall–Kier alpha value is -0.300. The van der Waals surface area contributed by atoms with Crippen LogP contribution in [0.25, 0.3) is 0 Å². The van der Waals surface area contributed by atoms with Crippen molar-refractivity contribution in [2.45, 2.75) is 63.1 Å². The largest absolute Gasteiger partial charge is 0.0839 e. The fourth-order valence-corrected chi connectivity index (χ4v) is 3.70. The minimum Gasteiger partial charge on any atom is -0.0839 e. The molecular formula is C17H25Br. The number of rotatable bonds is 3. The zero-order valence-corrected chi connectivity index (χ0v) is 13.5. The van der Waals surface area contributed by atoms with E-state index in [1.807, 2.05) is 0 Å². The van der Waals surface area contributed by atoms with Crippen LogP contribution in [0.1, 0.15) is 68.8 Å². The molecule has 1 aliphatic rings. The van der Waals surface area contributed by atoms with E-state index < -0.39 is 0 Å². The Morgan fingerprint density at radius 2 is 1.67 bits per heavy atom. The Kier molecular flexibility index (Phi) is 4.53. The molecule has 100 valence electrons. The van der Waals surface area contributed by atoms with Gasteiger partial charge in [-0.15, -0.1) is 0 Å². The Bertz CT molecular complexity index is 366. The van der Waals surface area contributed by atoms with Crippen LogP contribution < -0.4 is 0 Å². The number of hydrogen-bond acceptors (Lipinski definition) is 0. The summed E-state index contributed by atoms with van der Waals surface area (Å²) in [7, 11) is 0. The van der Waals surface area contributed by atoms with Gasteiger partial charge in [0.15, 0.2) is 0 Å². The molecule has 1 aromatic rings. The van der Waals surface area contributed by atoms with Gasteiger partial charge in [-0.3, -0.25) is 0 Å². The molecule has 1 unspecified atom stereocenters. The zero-order valence-electron chi connectivity index (χ0n) is 11.9. The van der Waals surface area contributed by atoms with E-state index in [0.717, 1.165) is 5.92 Å². The van der Waals surface area contributed by atoms with Crippen LogP contribution in [-0.4, -0.2) is 0 Å². The molecule has 0 aromatic heterocycles. The Morgan fingerprint density at radius 1 is 1.11 bits per heavy atom. The maximum absolute atomic E-state index is 3.87. The molecule has 1 heteroatoms. The van der Waals surface area contributed by atoms with Crippen molar-refractivity contribution >= 4 is 15.9 Å². The van der Waals surface area contributed by atoms with E-state index in [-0.39, 0.29) is 5.41 Å². The van der Waals surface area contributed by atoms with E-state index in [1.165, 1.54) is 43.2 Å². The summed E-state index contributed by atoms with van der Waals surface area (Å²) in [6.07, 6.45) is 7.04. The topological polar surface area (TPSA) is 0 Å². The highest BCUT2D eigenvalue weighted by Gasteiger charge is 2.20. The van der Waals surface area contributed by atoms with Crippen molar-refractivity contribution in [3.8, 4) is 0 Å². The molecule has 0 spiro atoms. The Morgan fingerprint density at radius 3 is 2.17 bits per heavy atom. The Labute approximate surface area is 120 Å². The lowest BCUT2D eigenvalue weighted by Crippen LogP contribution is -2.10. The van der Waals surface area contributed by atoms with E-state index in [1.54, 1.807) is 0 Å². The van der Waals surface area contributed by atoms with Crippen LogP contribution >= 0.6 is 15.9 Å². The first-order valence-electron chi connectivity index (χ1n) is 7.21. The summed E-state index contributed by atoms with van der Waals surface area (Å²) in [5, 5.41) is 0. The van der Waals surface area contributed by atoms with Crippen molar-refractivity contribution < 1.29 is 0 Å².